The lowest BCUT2D eigenvalue weighted by molar-refractivity contribution is -0.385. The highest BCUT2D eigenvalue weighted by Gasteiger charge is 2.16. The van der Waals surface area contributed by atoms with Crippen LogP contribution in [0.4, 0.5) is 5.69 Å². The fourth-order valence-electron chi connectivity index (χ4n) is 0.958. The van der Waals surface area contributed by atoms with E-state index in [0.717, 1.165) is 6.21 Å². The number of rotatable bonds is 2. The molecule has 1 aromatic heterocycles. The molecule has 0 saturated carbocycles. The van der Waals surface area contributed by atoms with Crippen LogP contribution in [0.15, 0.2) is 17.4 Å². The summed E-state index contributed by atoms with van der Waals surface area (Å²) in [4.78, 5) is 13.7. The molecule has 68 valence electrons. The van der Waals surface area contributed by atoms with Gasteiger partial charge in [-0.3, -0.25) is 10.1 Å². The monoisotopic (exact) mass is 181 g/mol. The molecule has 0 aliphatic rings. The van der Waals surface area contributed by atoms with Crippen LogP contribution in [0.5, 0.6) is 0 Å². The van der Waals surface area contributed by atoms with Crippen LogP contribution in [0.25, 0.3) is 0 Å². The lowest BCUT2D eigenvalue weighted by atomic mass is 10.2. The Bertz CT molecular complexity index is 362. The van der Waals surface area contributed by atoms with Crippen molar-refractivity contribution in [1.82, 2.24) is 4.98 Å². The zero-order valence-corrected chi connectivity index (χ0v) is 6.84. The van der Waals surface area contributed by atoms with Crippen LogP contribution < -0.4 is 0 Å². The van der Waals surface area contributed by atoms with Crippen LogP contribution in [0.1, 0.15) is 11.3 Å². The SMILES string of the molecule is Cc1ccnc(/C=N/O)c1[N+](=O)[O-]. The van der Waals surface area contributed by atoms with Gasteiger partial charge in [0.1, 0.15) is 0 Å². The van der Waals surface area contributed by atoms with Crippen LogP contribution in [-0.4, -0.2) is 21.3 Å². The molecule has 1 aromatic rings. The lowest BCUT2D eigenvalue weighted by Crippen LogP contribution is -1.99. The first-order valence-electron chi connectivity index (χ1n) is 3.44. The molecule has 1 rings (SSSR count). The van der Waals surface area contributed by atoms with Crippen LogP contribution in [0.3, 0.4) is 0 Å². The highest BCUT2D eigenvalue weighted by Crippen LogP contribution is 2.18. The predicted octanol–water partition coefficient (Wildman–Crippen LogP) is 1.11. The first-order chi connectivity index (χ1) is 6.16. The minimum Gasteiger partial charge on any atom is -0.411 e. The molecule has 0 aliphatic carbocycles. The molecule has 0 bridgehead atoms. The molecule has 6 heteroatoms. The summed E-state index contributed by atoms with van der Waals surface area (Å²) in [6, 6.07) is 1.52. The van der Waals surface area contributed by atoms with Gasteiger partial charge in [-0.25, -0.2) is 4.98 Å². The van der Waals surface area contributed by atoms with Crippen LogP contribution in [0.2, 0.25) is 0 Å². The molecule has 1 heterocycles. The maximum Gasteiger partial charge on any atom is 0.299 e. The highest BCUT2D eigenvalue weighted by atomic mass is 16.6. The van der Waals surface area contributed by atoms with Crippen molar-refractivity contribution >= 4 is 11.9 Å². The molecule has 13 heavy (non-hydrogen) atoms. The van der Waals surface area contributed by atoms with Gasteiger partial charge >= 0.3 is 0 Å². The second-order valence-corrected chi connectivity index (χ2v) is 2.36. The summed E-state index contributed by atoms with van der Waals surface area (Å²) in [5, 5.41) is 21.5. The van der Waals surface area contributed by atoms with Crippen molar-refractivity contribution in [3.8, 4) is 0 Å². The van der Waals surface area contributed by atoms with Crippen LogP contribution in [0, 0.1) is 17.0 Å². The third kappa shape index (κ3) is 1.78. The minimum atomic E-state index is -0.556. The molecule has 0 aromatic carbocycles. The Morgan fingerprint density at radius 2 is 2.46 bits per heavy atom. The van der Waals surface area contributed by atoms with Crippen molar-refractivity contribution in [3.05, 3.63) is 33.6 Å². The van der Waals surface area contributed by atoms with Crippen molar-refractivity contribution in [3.63, 3.8) is 0 Å². The molecule has 0 fully saturated rings. The maximum absolute atomic E-state index is 10.5. The van der Waals surface area contributed by atoms with E-state index in [-0.39, 0.29) is 11.4 Å². The Labute approximate surface area is 73.7 Å². The molecule has 6 nitrogen and oxygen atoms in total. The summed E-state index contributed by atoms with van der Waals surface area (Å²) < 4.78 is 0. The third-order valence-corrected chi connectivity index (χ3v) is 1.52. The maximum atomic E-state index is 10.5. The van der Waals surface area contributed by atoms with E-state index in [0.29, 0.717) is 5.56 Å². The van der Waals surface area contributed by atoms with E-state index < -0.39 is 4.92 Å². The summed E-state index contributed by atoms with van der Waals surface area (Å²) in [5.41, 5.74) is 0.391. The average molecular weight is 181 g/mol. The molecule has 0 saturated heterocycles. The van der Waals surface area contributed by atoms with E-state index in [1.165, 1.54) is 12.3 Å². The van der Waals surface area contributed by atoms with Gasteiger partial charge in [0.15, 0.2) is 5.69 Å². The highest BCUT2D eigenvalue weighted by molar-refractivity contribution is 5.82. The van der Waals surface area contributed by atoms with E-state index in [1.54, 1.807) is 6.92 Å². The van der Waals surface area contributed by atoms with Crippen molar-refractivity contribution in [2.24, 2.45) is 5.16 Å². The predicted molar refractivity (Wildman–Crippen MR) is 45.0 cm³/mol. The molecule has 1 N–H and O–H groups in total. The summed E-state index contributed by atoms with van der Waals surface area (Å²) in [7, 11) is 0. The molecular formula is C7H7N3O3. The van der Waals surface area contributed by atoms with E-state index in [2.05, 4.69) is 10.1 Å². The zero-order chi connectivity index (χ0) is 9.84. The van der Waals surface area contributed by atoms with E-state index in [1.807, 2.05) is 0 Å². The molecule has 0 unspecified atom stereocenters. The Morgan fingerprint density at radius 3 is 3.00 bits per heavy atom. The fourth-order valence-corrected chi connectivity index (χ4v) is 0.958. The number of pyridine rings is 1. The van der Waals surface area contributed by atoms with Gasteiger partial charge in [-0.2, -0.15) is 0 Å². The average Bonchev–Trinajstić information content (AvgIpc) is 2.04. The largest absolute Gasteiger partial charge is 0.411 e. The van der Waals surface area contributed by atoms with Crippen molar-refractivity contribution in [1.29, 1.82) is 0 Å². The zero-order valence-electron chi connectivity index (χ0n) is 6.84. The summed E-state index contributed by atoms with van der Waals surface area (Å²) in [5.74, 6) is 0. The molecule has 0 amide bonds. The smallest absolute Gasteiger partial charge is 0.299 e. The number of hydrogen-bond donors (Lipinski definition) is 1. The van der Waals surface area contributed by atoms with Gasteiger partial charge in [0.25, 0.3) is 5.69 Å². The molecule has 0 radical (unpaired) electrons. The fraction of sp³-hybridized carbons (Fsp3) is 0.143. The Morgan fingerprint density at radius 1 is 1.77 bits per heavy atom. The molecule has 0 spiro atoms. The quantitative estimate of drug-likeness (QED) is 0.320. The van der Waals surface area contributed by atoms with Crippen molar-refractivity contribution < 1.29 is 10.1 Å². The second kappa shape index (κ2) is 3.61. The first-order valence-corrected chi connectivity index (χ1v) is 3.44. The molecule has 0 atom stereocenters. The van der Waals surface area contributed by atoms with Gasteiger partial charge in [0, 0.05) is 11.8 Å². The number of hydrogen-bond acceptors (Lipinski definition) is 5. The van der Waals surface area contributed by atoms with Crippen molar-refractivity contribution in [2.45, 2.75) is 6.92 Å². The first kappa shape index (κ1) is 9.11. The standard InChI is InChI=1S/C7H7N3O3/c1-5-2-3-8-6(4-9-11)7(5)10(12)13/h2-4,11H,1H3/b9-4+. The van der Waals surface area contributed by atoms with E-state index in [4.69, 9.17) is 5.21 Å². The van der Waals surface area contributed by atoms with Gasteiger partial charge in [0.05, 0.1) is 11.1 Å². The van der Waals surface area contributed by atoms with Crippen molar-refractivity contribution in [2.75, 3.05) is 0 Å². The normalized spacial score (nSPS) is 10.5. The topological polar surface area (TPSA) is 88.6 Å². The Balaban J connectivity index is 3.34. The number of aryl methyl sites for hydroxylation is 1. The van der Waals surface area contributed by atoms with E-state index >= 15 is 0 Å². The number of nitrogens with zero attached hydrogens (tertiary/aromatic N) is 3. The third-order valence-electron chi connectivity index (χ3n) is 1.52. The number of aromatic nitrogens is 1. The summed E-state index contributed by atoms with van der Waals surface area (Å²) >= 11 is 0. The van der Waals surface area contributed by atoms with Gasteiger partial charge in [-0.1, -0.05) is 5.16 Å². The Hall–Kier alpha value is -1.98. The van der Waals surface area contributed by atoms with Gasteiger partial charge in [0.2, 0.25) is 0 Å². The van der Waals surface area contributed by atoms with Crippen LogP contribution >= 0.6 is 0 Å². The Kier molecular flexibility index (Phi) is 2.53. The summed E-state index contributed by atoms with van der Waals surface area (Å²) in [6.45, 7) is 1.59. The van der Waals surface area contributed by atoms with Crippen LogP contribution in [-0.2, 0) is 0 Å². The van der Waals surface area contributed by atoms with E-state index in [9.17, 15) is 10.1 Å². The number of nitro groups is 1. The molecule has 0 aliphatic heterocycles. The van der Waals surface area contributed by atoms with Gasteiger partial charge in [-0.05, 0) is 13.0 Å². The molecular weight excluding hydrogens is 174 g/mol. The second-order valence-electron chi connectivity index (χ2n) is 2.36. The lowest BCUT2D eigenvalue weighted by Gasteiger charge is -1.97. The summed E-state index contributed by atoms with van der Waals surface area (Å²) in [6.07, 6.45) is 2.35. The number of oxime groups is 1. The minimum absolute atomic E-state index is 0.0486. The van der Waals surface area contributed by atoms with Gasteiger partial charge < -0.3 is 5.21 Å². The van der Waals surface area contributed by atoms with Gasteiger partial charge in [-0.15, -0.1) is 0 Å².